The van der Waals surface area contributed by atoms with Gasteiger partial charge < -0.3 is 4.57 Å². The van der Waals surface area contributed by atoms with Crippen molar-refractivity contribution >= 4 is 51.7 Å². The molecule has 0 atom stereocenters. The Morgan fingerprint density at radius 3 is 2.81 bits per heavy atom. The molecule has 3 rings (SSSR count). The lowest BCUT2D eigenvalue weighted by Crippen LogP contribution is -2.13. The van der Waals surface area contributed by atoms with Crippen molar-refractivity contribution in [2.24, 2.45) is 0 Å². The van der Waals surface area contributed by atoms with Gasteiger partial charge in [0.2, 0.25) is 0 Å². The first-order valence-electron chi connectivity index (χ1n) is 7.46. The number of hydrogen-bond donors (Lipinski definition) is 1. The first-order chi connectivity index (χ1) is 12.5. The number of aromatic nitrogens is 2. The first-order valence-corrected chi connectivity index (χ1v) is 9.09. The summed E-state index contributed by atoms with van der Waals surface area (Å²) in [5.41, 5.74) is 2.20. The maximum absolute atomic E-state index is 12.3. The Balaban J connectivity index is 1.91. The number of amides is 1. The summed E-state index contributed by atoms with van der Waals surface area (Å²) in [6.07, 6.45) is 3.32. The number of carbonyl (C=O) groups is 1. The molecule has 0 fully saturated rings. The lowest BCUT2D eigenvalue weighted by molar-refractivity contribution is -0.112. The summed E-state index contributed by atoms with van der Waals surface area (Å²) in [7, 11) is 0. The highest BCUT2D eigenvalue weighted by Gasteiger charge is 2.13. The number of nitrogens with one attached hydrogen (secondary N) is 1. The molecule has 0 aliphatic rings. The van der Waals surface area contributed by atoms with E-state index in [0.717, 1.165) is 11.4 Å². The Morgan fingerprint density at radius 2 is 2.15 bits per heavy atom. The van der Waals surface area contributed by atoms with Crippen LogP contribution in [0.5, 0.6) is 0 Å². The van der Waals surface area contributed by atoms with Gasteiger partial charge in [0.05, 0.1) is 15.7 Å². The van der Waals surface area contributed by atoms with E-state index in [4.69, 9.17) is 23.2 Å². The number of anilines is 1. The summed E-state index contributed by atoms with van der Waals surface area (Å²) in [5, 5.41) is 15.2. The number of rotatable bonds is 4. The van der Waals surface area contributed by atoms with Crippen LogP contribution in [0.3, 0.4) is 0 Å². The van der Waals surface area contributed by atoms with Gasteiger partial charge in [0.15, 0.2) is 5.13 Å². The molecule has 5 nitrogen and oxygen atoms in total. The molecule has 1 amide bonds. The molecular weight excluding hydrogens is 391 g/mol. The molecule has 0 radical (unpaired) electrons. The average molecular weight is 403 g/mol. The Hall–Kier alpha value is -2.59. The number of nitriles is 1. The van der Waals surface area contributed by atoms with Crippen LogP contribution in [0.25, 0.3) is 11.8 Å². The predicted molar refractivity (Wildman–Crippen MR) is 105 cm³/mol. The van der Waals surface area contributed by atoms with Crippen LogP contribution in [0.15, 0.2) is 47.5 Å². The van der Waals surface area contributed by atoms with Gasteiger partial charge in [-0.2, -0.15) is 5.26 Å². The summed E-state index contributed by atoms with van der Waals surface area (Å²) in [4.78, 5) is 16.5. The van der Waals surface area contributed by atoms with Gasteiger partial charge in [0.1, 0.15) is 11.6 Å². The lowest BCUT2D eigenvalue weighted by Gasteiger charge is -2.08. The number of nitrogens with zero attached hydrogens (tertiary/aromatic N) is 3. The number of benzene rings is 1. The molecule has 0 aliphatic heterocycles. The van der Waals surface area contributed by atoms with Crippen LogP contribution in [0.2, 0.25) is 10.0 Å². The van der Waals surface area contributed by atoms with E-state index in [9.17, 15) is 10.1 Å². The number of hydrogen-bond acceptors (Lipinski definition) is 4. The zero-order valence-electron chi connectivity index (χ0n) is 13.5. The van der Waals surface area contributed by atoms with E-state index in [1.54, 1.807) is 28.8 Å². The Morgan fingerprint density at radius 1 is 1.35 bits per heavy atom. The molecule has 0 saturated carbocycles. The molecule has 130 valence electrons. The van der Waals surface area contributed by atoms with E-state index >= 15 is 0 Å². The van der Waals surface area contributed by atoms with E-state index in [2.05, 4.69) is 10.3 Å². The van der Waals surface area contributed by atoms with E-state index in [-0.39, 0.29) is 5.57 Å². The third kappa shape index (κ3) is 3.97. The van der Waals surface area contributed by atoms with E-state index in [0.29, 0.717) is 20.9 Å². The summed E-state index contributed by atoms with van der Waals surface area (Å²) in [6.45, 7) is 1.83. The number of thiazole rings is 1. The maximum atomic E-state index is 12.3. The van der Waals surface area contributed by atoms with Crippen molar-refractivity contribution in [1.82, 2.24) is 9.55 Å². The van der Waals surface area contributed by atoms with Crippen LogP contribution in [0.1, 0.15) is 11.4 Å². The van der Waals surface area contributed by atoms with Crippen LogP contribution in [-0.4, -0.2) is 15.5 Å². The topological polar surface area (TPSA) is 70.7 Å². The van der Waals surface area contributed by atoms with Gasteiger partial charge in [0.25, 0.3) is 5.91 Å². The summed E-state index contributed by atoms with van der Waals surface area (Å²) in [6, 6.07) is 10.7. The van der Waals surface area contributed by atoms with Crippen molar-refractivity contribution < 1.29 is 4.79 Å². The minimum Gasteiger partial charge on any atom is -0.317 e. The molecule has 1 aromatic carbocycles. The van der Waals surface area contributed by atoms with Crippen molar-refractivity contribution in [2.75, 3.05) is 5.32 Å². The standard InChI is InChI=1S/C18H12Cl2N4OS/c1-11-10-26-18(22-11)23-17(25)12(9-21)7-13-3-2-6-24(13)14-4-5-15(19)16(20)8-14/h2-8,10H,1H3,(H,22,23,25)/b12-7-. The summed E-state index contributed by atoms with van der Waals surface area (Å²) < 4.78 is 1.81. The molecule has 8 heteroatoms. The molecule has 0 bridgehead atoms. The highest BCUT2D eigenvalue weighted by atomic mass is 35.5. The molecule has 1 N–H and O–H groups in total. The highest BCUT2D eigenvalue weighted by Crippen LogP contribution is 2.26. The van der Waals surface area contributed by atoms with Crippen molar-refractivity contribution in [3.05, 3.63) is 68.9 Å². The monoisotopic (exact) mass is 402 g/mol. The molecule has 0 spiro atoms. The zero-order chi connectivity index (χ0) is 18.7. The zero-order valence-corrected chi connectivity index (χ0v) is 15.9. The first kappa shape index (κ1) is 18.2. The smallest absolute Gasteiger partial charge is 0.268 e. The molecule has 0 aliphatic carbocycles. The van der Waals surface area contributed by atoms with E-state index in [1.165, 1.54) is 17.4 Å². The third-order valence-electron chi connectivity index (χ3n) is 3.46. The average Bonchev–Trinajstić information content (AvgIpc) is 3.24. The summed E-state index contributed by atoms with van der Waals surface area (Å²) >= 11 is 13.3. The molecule has 0 saturated heterocycles. The van der Waals surface area contributed by atoms with Gasteiger partial charge in [-0.25, -0.2) is 4.98 Å². The van der Waals surface area contributed by atoms with Crippen LogP contribution >= 0.6 is 34.5 Å². The van der Waals surface area contributed by atoms with E-state index in [1.807, 2.05) is 30.6 Å². The van der Waals surface area contributed by atoms with Gasteiger partial charge in [-0.1, -0.05) is 23.2 Å². The van der Waals surface area contributed by atoms with Crippen molar-refractivity contribution in [2.45, 2.75) is 6.92 Å². The SMILES string of the molecule is Cc1csc(NC(=O)/C(C#N)=C\c2cccn2-c2ccc(Cl)c(Cl)c2)n1. The molecule has 2 aromatic heterocycles. The van der Waals surface area contributed by atoms with Crippen molar-refractivity contribution in [3.8, 4) is 11.8 Å². The van der Waals surface area contributed by atoms with Gasteiger partial charge in [-0.3, -0.25) is 10.1 Å². The number of carbonyl (C=O) groups excluding carboxylic acids is 1. The molecule has 0 unspecified atom stereocenters. The van der Waals surface area contributed by atoms with Gasteiger partial charge in [0, 0.05) is 23.0 Å². The van der Waals surface area contributed by atoms with Crippen LogP contribution in [-0.2, 0) is 4.79 Å². The largest absolute Gasteiger partial charge is 0.317 e. The fraction of sp³-hybridized carbons (Fsp3) is 0.0556. The molecular formula is C18H12Cl2N4OS. The van der Waals surface area contributed by atoms with Gasteiger partial charge >= 0.3 is 0 Å². The lowest BCUT2D eigenvalue weighted by atomic mass is 10.2. The van der Waals surface area contributed by atoms with Crippen LogP contribution in [0.4, 0.5) is 5.13 Å². The normalized spacial score (nSPS) is 11.2. The fourth-order valence-corrected chi connectivity index (χ4v) is 3.23. The highest BCUT2D eigenvalue weighted by molar-refractivity contribution is 7.13. The quantitative estimate of drug-likeness (QED) is 0.487. The Bertz CT molecular complexity index is 1050. The molecule has 3 aromatic rings. The second kappa shape index (κ2) is 7.75. The number of halogens is 2. The Kier molecular flexibility index (Phi) is 5.43. The van der Waals surface area contributed by atoms with Crippen LogP contribution < -0.4 is 5.32 Å². The molecule has 2 heterocycles. The Labute approximate surface area is 164 Å². The minimum absolute atomic E-state index is 0.0298. The number of aryl methyl sites for hydroxylation is 1. The van der Waals surface area contributed by atoms with Crippen molar-refractivity contribution in [3.63, 3.8) is 0 Å². The predicted octanol–water partition coefficient (Wildman–Crippen LogP) is 5.09. The van der Waals surface area contributed by atoms with E-state index < -0.39 is 5.91 Å². The second-order valence-corrected chi connectivity index (χ2v) is 6.99. The van der Waals surface area contributed by atoms with Crippen molar-refractivity contribution in [1.29, 1.82) is 5.26 Å². The van der Waals surface area contributed by atoms with Gasteiger partial charge in [-0.05, 0) is 43.3 Å². The van der Waals surface area contributed by atoms with Crippen LogP contribution in [0, 0.1) is 18.3 Å². The third-order valence-corrected chi connectivity index (χ3v) is 5.07. The fourth-order valence-electron chi connectivity index (χ4n) is 2.25. The molecule has 26 heavy (non-hydrogen) atoms. The van der Waals surface area contributed by atoms with Gasteiger partial charge in [-0.15, -0.1) is 11.3 Å². The maximum Gasteiger partial charge on any atom is 0.268 e. The minimum atomic E-state index is -0.510. The second-order valence-electron chi connectivity index (χ2n) is 5.32. The summed E-state index contributed by atoms with van der Waals surface area (Å²) in [5.74, 6) is -0.510.